The maximum atomic E-state index is 11.2. The lowest BCUT2D eigenvalue weighted by molar-refractivity contribution is -0.134. The second kappa shape index (κ2) is 5.25. The number of hydrogen-bond acceptors (Lipinski definition) is 3. The number of Topliss-reactive ketones (excluding diaryl/α,β-unsaturated/α-hetero) is 1. The Balaban J connectivity index is 0.000000317. The van der Waals surface area contributed by atoms with Crippen molar-refractivity contribution in [3.63, 3.8) is 0 Å². The van der Waals surface area contributed by atoms with E-state index < -0.39 is 5.97 Å². The summed E-state index contributed by atoms with van der Waals surface area (Å²) in [5.41, 5.74) is 2.70. The second-order valence-electron chi connectivity index (χ2n) is 3.67. The zero-order valence-corrected chi connectivity index (χ0v) is 9.97. The SMILES string of the molecule is CC(=O)O.CC(=O)c1cnn2ccc(C)cc12. The summed E-state index contributed by atoms with van der Waals surface area (Å²) in [5.74, 6) is -0.777. The van der Waals surface area contributed by atoms with Gasteiger partial charge in [-0.3, -0.25) is 9.59 Å². The first-order valence-electron chi connectivity index (χ1n) is 5.06. The molecule has 2 aromatic heterocycles. The highest BCUT2D eigenvalue weighted by Gasteiger charge is 2.07. The van der Waals surface area contributed by atoms with Crippen molar-refractivity contribution < 1.29 is 14.7 Å². The van der Waals surface area contributed by atoms with Gasteiger partial charge in [-0.15, -0.1) is 0 Å². The molecular formula is C12H14N2O3. The summed E-state index contributed by atoms with van der Waals surface area (Å²) in [5, 5.41) is 11.5. The fourth-order valence-electron chi connectivity index (χ4n) is 1.36. The molecular weight excluding hydrogens is 220 g/mol. The molecule has 0 aliphatic heterocycles. The van der Waals surface area contributed by atoms with Gasteiger partial charge in [-0.25, -0.2) is 4.52 Å². The van der Waals surface area contributed by atoms with E-state index in [0.29, 0.717) is 5.56 Å². The predicted molar refractivity (Wildman–Crippen MR) is 63.2 cm³/mol. The van der Waals surface area contributed by atoms with Crippen LogP contribution in [0.5, 0.6) is 0 Å². The molecule has 1 N–H and O–H groups in total. The molecule has 0 saturated carbocycles. The van der Waals surface area contributed by atoms with Crippen LogP contribution in [0.25, 0.3) is 5.52 Å². The zero-order chi connectivity index (χ0) is 13.0. The topological polar surface area (TPSA) is 71.7 Å². The van der Waals surface area contributed by atoms with E-state index in [-0.39, 0.29) is 5.78 Å². The minimum atomic E-state index is -0.833. The molecule has 2 rings (SSSR count). The normalized spacial score (nSPS) is 9.59. The second-order valence-corrected chi connectivity index (χ2v) is 3.67. The molecule has 0 bridgehead atoms. The molecule has 0 fully saturated rings. The smallest absolute Gasteiger partial charge is 0.300 e. The fraction of sp³-hybridized carbons (Fsp3) is 0.250. The van der Waals surface area contributed by atoms with Crippen molar-refractivity contribution in [3.8, 4) is 0 Å². The van der Waals surface area contributed by atoms with Crippen molar-refractivity contribution in [2.75, 3.05) is 0 Å². The predicted octanol–water partition coefficient (Wildman–Crippen LogP) is 1.94. The van der Waals surface area contributed by atoms with Gasteiger partial charge in [0.05, 0.1) is 17.3 Å². The molecule has 0 amide bonds. The number of aromatic nitrogens is 2. The Bertz CT molecular complexity index is 554. The van der Waals surface area contributed by atoms with Crippen LogP contribution in [0.2, 0.25) is 0 Å². The molecule has 5 nitrogen and oxygen atoms in total. The molecule has 17 heavy (non-hydrogen) atoms. The van der Waals surface area contributed by atoms with Crippen LogP contribution >= 0.6 is 0 Å². The van der Waals surface area contributed by atoms with Gasteiger partial charge >= 0.3 is 0 Å². The van der Waals surface area contributed by atoms with E-state index >= 15 is 0 Å². The summed E-state index contributed by atoms with van der Waals surface area (Å²) in [6, 6.07) is 3.92. The summed E-state index contributed by atoms with van der Waals surface area (Å²) in [6.07, 6.45) is 3.47. The third kappa shape index (κ3) is 3.41. The third-order valence-corrected chi connectivity index (χ3v) is 2.06. The third-order valence-electron chi connectivity index (χ3n) is 2.06. The number of aliphatic carboxylic acids is 1. The highest BCUT2D eigenvalue weighted by atomic mass is 16.4. The Kier molecular flexibility index (Phi) is 3.98. The Morgan fingerprint density at radius 1 is 1.35 bits per heavy atom. The van der Waals surface area contributed by atoms with Crippen LogP contribution in [-0.4, -0.2) is 26.5 Å². The molecule has 0 saturated heterocycles. The van der Waals surface area contributed by atoms with Crippen molar-refractivity contribution in [1.82, 2.24) is 9.61 Å². The van der Waals surface area contributed by atoms with Gasteiger partial charge in [0.2, 0.25) is 0 Å². The number of carboxylic acid groups (broad SMARTS) is 1. The molecule has 0 atom stereocenters. The van der Waals surface area contributed by atoms with Crippen LogP contribution < -0.4 is 0 Å². The Labute approximate surface area is 98.7 Å². The Morgan fingerprint density at radius 2 is 1.94 bits per heavy atom. The van der Waals surface area contributed by atoms with Crippen molar-refractivity contribution in [3.05, 3.63) is 35.7 Å². The van der Waals surface area contributed by atoms with E-state index in [2.05, 4.69) is 5.10 Å². The van der Waals surface area contributed by atoms with Crippen molar-refractivity contribution in [2.45, 2.75) is 20.8 Å². The van der Waals surface area contributed by atoms with Crippen LogP contribution in [0, 0.1) is 6.92 Å². The lowest BCUT2D eigenvalue weighted by Gasteiger charge is -1.96. The van der Waals surface area contributed by atoms with E-state index in [9.17, 15) is 4.79 Å². The number of hydrogen-bond donors (Lipinski definition) is 1. The van der Waals surface area contributed by atoms with Gasteiger partial charge in [-0.2, -0.15) is 5.10 Å². The maximum absolute atomic E-state index is 11.2. The van der Waals surface area contributed by atoms with Crippen molar-refractivity contribution in [1.29, 1.82) is 0 Å². The number of carbonyl (C=O) groups is 2. The van der Waals surface area contributed by atoms with E-state index in [1.807, 2.05) is 25.3 Å². The van der Waals surface area contributed by atoms with Crippen LogP contribution in [-0.2, 0) is 4.79 Å². The molecule has 5 heteroatoms. The number of nitrogens with zero attached hydrogens (tertiary/aromatic N) is 2. The molecule has 2 aromatic rings. The minimum Gasteiger partial charge on any atom is -0.481 e. The first-order chi connectivity index (χ1) is 7.91. The van der Waals surface area contributed by atoms with Gasteiger partial charge in [0.15, 0.2) is 5.78 Å². The summed E-state index contributed by atoms with van der Waals surface area (Å²) in [4.78, 5) is 20.2. The lowest BCUT2D eigenvalue weighted by Crippen LogP contribution is -1.91. The average molecular weight is 234 g/mol. The fourth-order valence-corrected chi connectivity index (χ4v) is 1.36. The summed E-state index contributed by atoms with van der Waals surface area (Å²) < 4.78 is 1.71. The van der Waals surface area contributed by atoms with E-state index in [4.69, 9.17) is 9.90 Å². The van der Waals surface area contributed by atoms with Gasteiger partial charge in [-0.05, 0) is 31.5 Å². The van der Waals surface area contributed by atoms with Gasteiger partial charge in [-0.1, -0.05) is 0 Å². The molecule has 0 spiro atoms. The largest absolute Gasteiger partial charge is 0.481 e. The molecule has 0 radical (unpaired) electrons. The van der Waals surface area contributed by atoms with Gasteiger partial charge in [0.25, 0.3) is 5.97 Å². The van der Waals surface area contributed by atoms with E-state index in [1.54, 1.807) is 17.6 Å². The molecule has 0 aliphatic carbocycles. The van der Waals surface area contributed by atoms with Crippen LogP contribution in [0.4, 0.5) is 0 Å². The monoisotopic (exact) mass is 234 g/mol. The summed E-state index contributed by atoms with van der Waals surface area (Å²) in [6.45, 7) is 4.64. The van der Waals surface area contributed by atoms with Crippen molar-refractivity contribution >= 4 is 17.3 Å². The van der Waals surface area contributed by atoms with Gasteiger partial charge in [0.1, 0.15) is 0 Å². The highest BCUT2D eigenvalue weighted by molar-refractivity contribution is 6.00. The number of ketones is 1. The zero-order valence-electron chi connectivity index (χ0n) is 9.97. The van der Waals surface area contributed by atoms with Crippen LogP contribution in [0.15, 0.2) is 24.5 Å². The van der Waals surface area contributed by atoms with E-state index in [1.165, 1.54) is 0 Å². The van der Waals surface area contributed by atoms with Gasteiger partial charge < -0.3 is 5.11 Å². The van der Waals surface area contributed by atoms with Crippen LogP contribution in [0.1, 0.15) is 29.8 Å². The summed E-state index contributed by atoms with van der Waals surface area (Å²) >= 11 is 0. The molecule has 0 aliphatic rings. The number of fused-ring (bicyclic) bond motifs is 1. The average Bonchev–Trinajstić information content (AvgIpc) is 2.59. The number of aryl methyl sites for hydroxylation is 1. The standard InChI is InChI=1S/C10H10N2O.C2H4O2/c1-7-3-4-12-10(5-7)9(6-11-12)8(2)13;1-2(3)4/h3-6H,1-2H3;1H3,(H,3,4). The molecule has 0 unspecified atom stereocenters. The first kappa shape index (κ1) is 12.9. The van der Waals surface area contributed by atoms with E-state index in [0.717, 1.165) is 18.0 Å². The summed E-state index contributed by atoms with van der Waals surface area (Å²) in [7, 11) is 0. The number of pyridine rings is 1. The quantitative estimate of drug-likeness (QED) is 0.765. The molecule has 0 aromatic carbocycles. The Morgan fingerprint density at radius 3 is 2.47 bits per heavy atom. The van der Waals surface area contributed by atoms with Gasteiger partial charge in [0, 0.05) is 13.1 Å². The molecule has 2 heterocycles. The lowest BCUT2D eigenvalue weighted by atomic mass is 10.2. The molecule has 90 valence electrons. The minimum absolute atomic E-state index is 0.0561. The maximum Gasteiger partial charge on any atom is 0.300 e. The number of carboxylic acids is 1. The number of carbonyl (C=O) groups excluding carboxylic acids is 1. The van der Waals surface area contributed by atoms with Crippen molar-refractivity contribution in [2.24, 2.45) is 0 Å². The number of rotatable bonds is 1. The van der Waals surface area contributed by atoms with Crippen LogP contribution in [0.3, 0.4) is 0 Å². The first-order valence-corrected chi connectivity index (χ1v) is 5.06. The Hall–Kier alpha value is -2.17. The highest BCUT2D eigenvalue weighted by Crippen LogP contribution is 2.12.